The molecule has 13 heavy (non-hydrogen) atoms. The van der Waals surface area contributed by atoms with Gasteiger partial charge >= 0.3 is 5.97 Å². The van der Waals surface area contributed by atoms with Crippen LogP contribution in [0.1, 0.15) is 32.3 Å². The average molecular weight is 177 g/mol. The van der Waals surface area contributed by atoms with Crippen LogP contribution in [0.25, 0.3) is 0 Å². The van der Waals surface area contributed by atoms with E-state index in [9.17, 15) is 4.79 Å². The zero-order valence-electron chi connectivity index (χ0n) is 8.13. The molecule has 0 fully saturated rings. The summed E-state index contributed by atoms with van der Waals surface area (Å²) < 4.78 is 4.93. The van der Waals surface area contributed by atoms with Crippen LogP contribution in [0.3, 0.4) is 0 Å². The van der Waals surface area contributed by atoms with Crippen LogP contribution >= 0.6 is 0 Å². The van der Waals surface area contributed by atoms with Crippen LogP contribution in [0.5, 0.6) is 5.75 Å². The lowest BCUT2D eigenvalue weighted by Crippen LogP contribution is -2.01. The van der Waals surface area contributed by atoms with Crippen LogP contribution in [0, 0.1) is 6.07 Å². The Kier molecular flexibility index (Phi) is 3.07. The zero-order chi connectivity index (χ0) is 9.84. The van der Waals surface area contributed by atoms with Crippen molar-refractivity contribution in [2.75, 3.05) is 0 Å². The van der Waals surface area contributed by atoms with E-state index in [0.29, 0.717) is 11.7 Å². The molecule has 1 radical (unpaired) electrons. The summed E-state index contributed by atoms with van der Waals surface area (Å²) in [5, 5.41) is 0. The number of benzene rings is 1. The lowest BCUT2D eigenvalue weighted by molar-refractivity contribution is -0.131. The zero-order valence-corrected chi connectivity index (χ0v) is 8.13. The minimum Gasteiger partial charge on any atom is -0.427 e. The first-order chi connectivity index (χ1) is 6.09. The highest BCUT2D eigenvalue weighted by molar-refractivity contribution is 5.69. The second-order valence-corrected chi connectivity index (χ2v) is 3.25. The summed E-state index contributed by atoms with van der Waals surface area (Å²) in [5.74, 6) is 0.694. The van der Waals surface area contributed by atoms with Crippen LogP contribution in [0.4, 0.5) is 0 Å². The van der Waals surface area contributed by atoms with Crippen molar-refractivity contribution >= 4 is 5.97 Å². The van der Waals surface area contributed by atoms with Crippen LogP contribution < -0.4 is 4.74 Å². The van der Waals surface area contributed by atoms with Gasteiger partial charge in [0.15, 0.2) is 0 Å². The molecule has 0 aromatic heterocycles. The normalized spacial score (nSPS) is 10.2. The first-order valence-corrected chi connectivity index (χ1v) is 4.29. The van der Waals surface area contributed by atoms with Gasteiger partial charge in [0.05, 0.1) is 0 Å². The van der Waals surface area contributed by atoms with Crippen molar-refractivity contribution in [2.24, 2.45) is 0 Å². The van der Waals surface area contributed by atoms with E-state index in [2.05, 4.69) is 19.9 Å². The van der Waals surface area contributed by atoms with Gasteiger partial charge in [-0.05, 0) is 29.7 Å². The molecular formula is C11H13O2. The summed E-state index contributed by atoms with van der Waals surface area (Å²) in [6.07, 6.45) is 0. The van der Waals surface area contributed by atoms with E-state index in [1.807, 2.05) is 12.1 Å². The molecule has 0 N–H and O–H groups in total. The van der Waals surface area contributed by atoms with Gasteiger partial charge in [-0.25, -0.2) is 0 Å². The molecule has 0 saturated heterocycles. The van der Waals surface area contributed by atoms with Crippen LogP contribution in [-0.4, -0.2) is 5.97 Å². The molecule has 1 aromatic carbocycles. The number of hydrogen-bond acceptors (Lipinski definition) is 2. The molecule has 0 spiro atoms. The summed E-state index contributed by atoms with van der Waals surface area (Å²) in [6, 6.07) is 8.36. The fraction of sp³-hybridized carbons (Fsp3) is 0.364. The first kappa shape index (κ1) is 9.78. The van der Waals surface area contributed by atoms with E-state index >= 15 is 0 Å². The molecule has 0 saturated carbocycles. The van der Waals surface area contributed by atoms with Gasteiger partial charge in [0.25, 0.3) is 0 Å². The average Bonchev–Trinajstić information content (AvgIpc) is 2.03. The standard InChI is InChI=1S/C11H13O2/c1-8(2)10-5-4-6-11(7-10)13-9(3)12/h5-8H,1-3H3. The van der Waals surface area contributed by atoms with Crippen molar-refractivity contribution in [3.05, 3.63) is 29.8 Å². The number of carbonyl (C=O) groups excluding carboxylic acids is 1. The Labute approximate surface area is 78.5 Å². The summed E-state index contributed by atoms with van der Waals surface area (Å²) in [5.41, 5.74) is 1.12. The molecule has 2 heteroatoms. The Bertz CT molecular complexity index is 303. The third-order valence-corrected chi connectivity index (χ3v) is 1.71. The van der Waals surface area contributed by atoms with Gasteiger partial charge in [0.2, 0.25) is 0 Å². The summed E-state index contributed by atoms with van der Waals surface area (Å²) >= 11 is 0. The third-order valence-electron chi connectivity index (χ3n) is 1.71. The molecule has 0 unspecified atom stereocenters. The minimum absolute atomic E-state index is 0.297. The predicted molar refractivity (Wildman–Crippen MR) is 50.7 cm³/mol. The van der Waals surface area contributed by atoms with Crippen molar-refractivity contribution in [2.45, 2.75) is 26.7 Å². The molecule has 0 aliphatic carbocycles. The van der Waals surface area contributed by atoms with Crippen molar-refractivity contribution in [3.8, 4) is 5.75 Å². The lowest BCUT2D eigenvalue weighted by Gasteiger charge is -2.06. The first-order valence-electron chi connectivity index (χ1n) is 4.29. The number of hydrogen-bond donors (Lipinski definition) is 0. The molecule has 2 nitrogen and oxygen atoms in total. The Morgan fingerprint density at radius 1 is 1.46 bits per heavy atom. The maximum atomic E-state index is 10.7. The predicted octanol–water partition coefficient (Wildman–Crippen LogP) is 2.54. The fourth-order valence-electron chi connectivity index (χ4n) is 1.03. The van der Waals surface area contributed by atoms with Crippen LogP contribution in [0.15, 0.2) is 18.2 Å². The highest BCUT2D eigenvalue weighted by Gasteiger charge is 2.02. The van der Waals surface area contributed by atoms with Gasteiger partial charge in [-0.2, -0.15) is 0 Å². The molecule has 0 heterocycles. The summed E-state index contributed by atoms with van der Waals surface area (Å²) in [7, 11) is 0. The van der Waals surface area contributed by atoms with Crippen LogP contribution in [0.2, 0.25) is 0 Å². The van der Waals surface area contributed by atoms with Crippen molar-refractivity contribution in [1.29, 1.82) is 0 Å². The van der Waals surface area contributed by atoms with E-state index in [0.717, 1.165) is 5.56 Å². The topological polar surface area (TPSA) is 26.3 Å². The van der Waals surface area contributed by atoms with Crippen molar-refractivity contribution in [1.82, 2.24) is 0 Å². The summed E-state index contributed by atoms with van der Waals surface area (Å²) in [4.78, 5) is 10.7. The van der Waals surface area contributed by atoms with Crippen molar-refractivity contribution < 1.29 is 9.53 Å². The maximum Gasteiger partial charge on any atom is 0.308 e. The minimum atomic E-state index is -0.297. The van der Waals surface area contributed by atoms with Gasteiger partial charge < -0.3 is 4.74 Å². The number of esters is 1. The molecule has 1 aromatic rings. The van der Waals surface area contributed by atoms with Gasteiger partial charge in [-0.15, -0.1) is 0 Å². The number of rotatable bonds is 2. The lowest BCUT2D eigenvalue weighted by atomic mass is 10.0. The number of carbonyl (C=O) groups is 1. The Balaban J connectivity index is 2.85. The number of ether oxygens (including phenoxy) is 1. The van der Waals surface area contributed by atoms with E-state index in [-0.39, 0.29) is 5.97 Å². The second-order valence-electron chi connectivity index (χ2n) is 3.25. The molecule has 0 atom stereocenters. The van der Waals surface area contributed by atoms with Crippen molar-refractivity contribution in [3.63, 3.8) is 0 Å². The van der Waals surface area contributed by atoms with E-state index in [1.54, 1.807) is 6.07 Å². The van der Waals surface area contributed by atoms with Gasteiger partial charge in [-0.1, -0.05) is 19.9 Å². The highest BCUT2D eigenvalue weighted by atomic mass is 16.5. The SMILES string of the molecule is CC(=O)Oc1c[c]cc(C(C)C)c1. The quantitative estimate of drug-likeness (QED) is 0.512. The van der Waals surface area contributed by atoms with E-state index in [4.69, 9.17) is 4.74 Å². The molecule has 0 aliphatic heterocycles. The molecule has 0 bridgehead atoms. The van der Waals surface area contributed by atoms with E-state index in [1.165, 1.54) is 6.92 Å². The maximum absolute atomic E-state index is 10.7. The molecule has 1 rings (SSSR count). The summed E-state index contributed by atoms with van der Waals surface area (Å²) in [6.45, 7) is 5.56. The monoisotopic (exact) mass is 177 g/mol. The fourth-order valence-corrected chi connectivity index (χ4v) is 1.03. The van der Waals surface area contributed by atoms with Crippen LogP contribution in [-0.2, 0) is 4.79 Å². The Morgan fingerprint density at radius 2 is 2.15 bits per heavy atom. The molecule has 69 valence electrons. The van der Waals surface area contributed by atoms with Gasteiger partial charge in [-0.3, -0.25) is 4.79 Å². The Hall–Kier alpha value is -1.31. The smallest absolute Gasteiger partial charge is 0.308 e. The Morgan fingerprint density at radius 3 is 2.69 bits per heavy atom. The third kappa shape index (κ3) is 2.90. The van der Waals surface area contributed by atoms with Gasteiger partial charge in [0, 0.05) is 6.92 Å². The largest absolute Gasteiger partial charge is 0.427 e. The highest BCUT2D eigenvalue weighted by Crippen LogP contribution is 2.19. The second kappa shape index (κ2) is 4.08. The molecule has 0 amide bonds. The molecule has 0 aliphatic rings. The molecular weight excluding hydrogens is 164 g/mol. The van der Waals surface area contributed by atoms with E-state index < -0.39 is 0 Å². The van der Waals surface area contributed by atoms with Gasteiger partial charge in [0.1, 0.15) is 5.75 Å².